The maximum Gasteiger partial charge on any atom is 0.257 e. The monoisotopic (exact) mass is 317 g/mol. The molecule has 0 unspecified atom stereocenters. The first-order valence-electron chi connectivity index (χ1n) is 6.29. The Kier molecular flexibility index (Phi) is 3.77. The number of carbonyl (C=O) groups is 1. The summed E-state index contributed by atoms with van der Waals surface area (Å²) in [6, 6.07) is 10.8. The van der Waals surface area contributed by atoms with Crippen molar-refractivity contribution in [1.29, 1.82) is 0 Å². The topological polar surface area (TPSA) is 54.0 Å². The predicted octanol–water partition coefficient (Wildman–Crippen LogP) is 4.24. The van der Waals surface area contributed by atoms with Gasteiger partial charge in [-0.15, -0.1) is 11.3 Å². The molecule has 0 saturated carbocycles. The number of aromatic nitrogens is 1. The summed E-state index contributed by atoms with van der Waals surface area (Å²) in [4.78, 5) is 16.6. The molecule has 1 amide bonds. The van der Waals surface area contributed by atoms with Crippen molar-refractivity contribution in [3.05, 3.63) is 52.5 Å². The fourth-order valence-electron chi connectivity index (χ4n) is 2.05. The lowest BCUT2D eigenvalue weighted by Gasteiger charge is -2.10. The van der Waals surface area contributed by atoms with Crippen LogP contribution in [0.4, 0.5) is 11.4 Å². The van der Waals surface area contributed by atoms with Crippen molar-refractivity contribution in [2.24, 2.45) is 0 Å². The number of thiazole rings is 1. The Balaban J connectivity index is 1.90. The van der Waals surface area contributed by atoms with Crippen LogP contribution in [0.15, 0.2) is 41.9 Å². The van der Waals surface area contributed by atoms with Gasteiger partial charge in [-0.2, -0.15) is 0 Å². The SMILES string of the molecule is CNc1ccc(Cl)cc1C(=O)Nc1ccc2ncsc2c1. The van der Waals surface area contributed by atoms with Gasteiger partial charge in [0, 0.05) is 23.4 Å². The van der Waals surface area contributed by atoms with Gasteiger partial charge in [-0.1, -0.05) is 11.6 Å². The van der Waals surface area contributed by atoms with Crippen molar-refractivity contribution in [3.63, 3.8) is 0 Å². The maximum absolute atomic E-state index is 12.4. The molecule has 0 aliphatic heterocycles. The molecule has 2 aromatic carbocycles. The molecule has 3 aromatic rings. The Bertz CT molecular complexity index is 816. The molecule has 0 spiro atoms. The van der Waals surface area contributed by atoms with E-state index in [1.54, 1.807) is 30.8 Å². The zero-order chi connectivity index (χ0) is 14.8. The summed E-state index contributed by atoms with van der Waals surface area (Å²) >= 11 is 7.51. The Morgan fingerprint density at radius 3 is 2.90 bits per heavy atom. The minimum atomic E-state index is -0.203. The van der Waals surface area contributed by atoms with Crippen molar-refractivity contribution in [2.45, 2.75) is 0 Å². The minimum Gasteiger partial charge on any atom is -0.387 e. The molecule has 21 heavy (non-hydrogen) atoms. The zero-order valence-electron chi connectivity index (χ0n) is 11.2. The number of hydrogen-bond acceptors (Lipinski definition) is 4. The molecule has 0 bridgehead atoms. The third kappa shape index (κ3) is 2.84. The summed E-state index contributed by atoms with van der Waals surface area (Å²) in [6.45, 7) is 0. The summed E-state index contributed by atoms with van der Waals surface area (Å²) in [5, 5.41) is 6.40. The standard InChI is InChI=1S/C15H12ClN3OS/c1-17-12-4-2-9(16)6-11(12)15(20)19-10-3-5-13-14(7-10)21-8-18-13/h2-8,17H,1H3,(H,19,20). The number of nitrogens with zero attached hydrogens (tertiary/aromatic N) is 1. The molecular formula is C15H12ClN3OS. The number of fused-ring (bicyclic) bond motifs is 1. The molecule has 0 atom stereocenters. The van der Waals surface area contributed by atoms with Crippen LogP contribution in [-0.4, -0.2) is 17.9 Å². The molecule has 6 heteroatoms. The fraction of sp³-hybridized carbons (Fsp3) is 0.0667. The molecule has 0 radical (unpaired) electrons. The first-order valence-corrected chi connectivity index (χ1v) is 7.55. The second-order valence-electron chi connectivity index (χ2n) is 4.43. The largest absolute Gasteiger partial charge is 0.387 e. The molecule has 3 rings (SSSR count). The van der Waals surface area contributed by atoms with Gasteiger partial charge >= 0.3 is 0 Å². The third-order valence-electron chi connectivity index (χ3n) is 3.08. The Morgan fingerprint density at radius 2 is 2.10 bits per heavy atom. The number of nitrogens with one attached hydrogen (secondary N) is 2. The summed E-state index contributed by atoms with van der Waals surface area (Å²) in [6.07, 6.45) is 0. The van der Waals surface area contributed by atoms with E-state index in [2.05, 4.69) is 15.6 Å². The highest BCUT2D eigenvalue weighted by Gasteiger charge is 2.12. The molecule has 106 valence electrons. The second-order valence-corrected chi connectivity index (χ2v) is 5.75. The van der Waals surface area contributed by atoms with Gasteiger partial charge < -0.3 is 10.6 Å². The first-order chi connectivity index (χ1) is 10.2. The molecule has 4 nitrogen and oxygen atoms in total. The van der Waals surface area contributed by atoms with E-state index in [1.807, 2.05) is 18.2 Å². The van der Waals surface area contributed by atoms with Gasteiger partial charge in [-0.05, 0) is 36.4 Å². The van der Waals surface area contributed by atoms with Crippen LogP contribution in [0.3, 0.4) is 0 Å². The van der Waals surface area contributed by atoms with Crippen LogP contribution in [0.5, 0.6) is 0 Å². The van der Waals surface area contributed by atoms with Gasteiger partial charge in [0.15, 0.2) is 0 Å². The van der Waals surface area contributed by atoms with E-state index in [4.69, 9.17) is 11.6 Å². The molecule has 0 fully saturated rings. The predicted molar refractivity (Wildman–Crippen MR) is 88.6 cm³/mol. The summed E-state index contributed by atoms with van der Waals surface area (Å²) in [7, 11) is 1.77. The van der Waals surface area contributed by atoms with Crippen LogP contribution in [0.2, 0.25) is 5.02 Å². The lowest BCUT2D eigenvalue weighted by atomic mass is 10.1. The van der Waals surface area contributed by atoms with Crippen molar-refractivity contribution in [2.75, 3.05) is 17.7 Å². The normalized spacial score (nSPS) is 10.6. The van der Waals surface area contributed by atoms with Crippen LogP contribution in [0, 0.1) is 0 Å². The molecule has 2 N–H and O–H groups in total. The van der Waals surface area contributed by atoms with E-state index < -0.39 is 0 Å². The lowest BCUT2D eigenvalue weighted by molar-refractivity contribution is 0.102. The lowest BCUT2D eigenvalue weighted by Crippen LogP contribution is -2.14. The van der Waals surface area contributed by atoms with E-state index in [1.165, 1.54) is 11.3 Å². The van der Waals surface area contributed by atoms with Gasteiger partial charge in [0.05, 0.1) is 21.3 Å². The quantitative estimate of drug-likeness (QED) is 0.759. The van der Waals surface area contributed by atoms with Crippen molar-refractivity contribution in [3.8, 4) is 0 Å². The molecular weight excluding hydrogens is 306 g/mol. The second kappa shape index (κ2) is 5.71. The van der Waals surface area contributed by atoms with Crippen LogP contribution in [-0.2, 0) is 0 Å². The van der Waals surface area contributed by atoms with Crippen LogP contribution in [0.1, 0.15) is 10.4 Å². The molecule has 0 saturated heterocycles. The summed E-state index contributed by atoms with van der Waals surface area (Å²) in [5.41, 5.74) is 4.69. The summed E-state index contributed by atoms with van der Waals surface area (Å²) < 4.78 is 1.03. The Morgan fingerprint density at radius 1 is 1.24 bits per heavy atom. The molecule has 0 aliphatic carbocycles. The molecule has 0 aliphatic rings. The minimum absolute atomic E-state index is 0.203. The van der Waals surface area contributed by atoms with E-state index in [9.17, 15) is 4.79 Å². The zero-order valence-corrected chi connectivity index (χ0v) is 12.8. The number of amides is 1. The van der Waals surface area contributed by atoms with Gasteiger partial charge in [-0.25, -0.2) is 4.98 Å². The highest BCUT2D eigenvalue weighted by molar-refractivity contribution is 7.16. The van der Waals surface area contributed by atoms with Gasteiger partial charge in [0.2, 0.25) is 0 Å². The van der Waals surface area contributed by atoms with Gasteiger partial charge in [0.1, 0.15) is 0 Å². The Labute approximate surface area is 130 Å². The Hall–Kier alpha value is -2.11. The summed E-state index contributed by atoms with van der Waals surface area (Å²) in [5.74, 6) is -0.203. The smallest absolute Gasteiger partial charge is 0.257 e. The highest BCUT2D eigenvalue weighted by atomic mass is 35.5. The van der Waals surface area contributed by atoms with E-state index in [0.717, 1.165) is 21.6 Å². The number of hydrogen-bond donors (Lipinski definition) is 2. The third-order valence-corrected chi connectivity index (χ3v) is 4.11. The number of benzene rings is 2. The molecule has 1 aromatic heterocycles. The maximum atomic E-state index is 12.4. The van der Waals surface area contributed by atoms with Crippen molar-refractivity contribution >= 4 is 50.4 Å². The van der Waals surface area contributed by atoms with Gasteiger partial charge in [0.25, 0.3) is 5.91 Å². The van der Waals surface area contributed by atoms with E-state index in [-0.39, 0.29) is 5.91 Å². The molecule has 1 heterocycles. The average Bonchev–Trinajstić information content (AvgIpc) is 2.94. The highest BCUT2D eigenvalue weighted by Crippen LogP contribution is 2.24. The number of anilines is 2. The average molecular weight is 318 g/mol. The van der Waals surface area contributed by atoms with Crippen LogP contribution in [0.25, 0.3) is 10.2 Å². The van der Waals surface area contributed by atoms with Crippen LogP contribution < -0.4 is 10.6 Å². The fourth-order valence-corrected chi connectivity index (χ4v) is 2.94. The van der Waals surface area contributed by atoms with Crippen molar-refractivity contribution in [1.82, 2.24) is 4.98 Å². The van der Waals surface area contributed by atoms with Gasteiger partial charge in [-0.3, -0.25) is 4.79 Å². The van der Waals surface area contributed by atoms with Crippen molar-refractivity contribution < 1.29 is 4.79 Å². The number of rotatable bonds is 3. The number of halogens is 1. The first kappa shape index (κ1) is 13.9. The van der Waals surface area contributed by atoms with E-state index >= 15 is 0 Å². The van der Waals surface area contributed by atoms with Crippen LogP contribution >= 0.6 is 22.9 Å². The number of carbonyl (C=O) groups excluding carboxylic acids is 1. The van der Waals surface area contributed by atoms with E-state index in [0.29, 0.717) is 10.6 Å².